The van der Waals surface area contributed by atoms with Crippen LogP contribution >= 0.6 is 0 Å². The van der Waals surface area contributed by atoms with Gasteiger partial charge in [-0.25, -0.2) is 4.79 Å². The molecule has 0 aromatic heterocycles. The van der Waals surface area contributed by atoms with Crippen molar-refractivity contribution < 1.29 is 14.3 Å². The molecule has 2 rings (SSSR count). The van der Waals surface area contributed by atoms with Crippen LogP contribution in [-0.2, 0) is 9.53 Å². The zero-order chi connectivity index (χ0) is 14.4. The molecule has 0 radical (unpaired) electrons. The Balaban J connectivity index is 1.95. The number of rotatable bonds is 6. The van der Waals surface area contributed by atoms with Crippen LogP contribution in [0, 0.1) is 0 Å². The monoisotopic (exact) mass is 277 g/mol. The standard InChI is InChI=1S/C14H19N3O3/c1-2-15-7-6-13(18)16-11-4-3-5-12(10-11)17-8-9-20-14(17)19/h3-5,10,15H,2,6-9H2,1H3,(H,16,18). The summed E-state index contributed by atoms with van der Waals surface area (Å²) in [5.74, 6) is -0.0490. The van der Waals surface area contributed by atoms with E-state index in [-0.39, 0.29) is 12.0 Å². The number of amides is 2. The van der Waals surface area contributed by atoms with Crippen LogP contribution in [-0.4, -0.2) is 38.2 Å². The first-order chi connectivity index (χ1) is 9.70. The van der Waals surface area contributed by atoms with E-state index in [9.17, 15) is 9.59 Å². The van der Waals surface area contributed by atoms with Crippen LogP contribution in [0.5, 0.6) is 0 Å². The van der Waals surface area contributed by atoms with E-state index in [1.807, 2.05) is 13.0 Å². The third kappa shape index (κ3) is 3.71. The Hall–Kier alpha value is -2.08. The van der Waals surface area contributed by atoms with Crippen molar-refractivity contribution in [1.29, 1.82) is 0 Å². The lowest BCUT2D eigenvalue weighted by Crippen LogP contribution is -2.24. The van der Waals surface area contributed by atoms with Gasteiger partial charge in [-0.3, -0.25) is 9.69 Å². The average molecular weight is 277 g/mol. The molecule has 2 N–H and O–H groups in total. The van der Waals surface area contributed by atoms with Crippen molar-refractivity contribution in [3.8, 4) is 0 Å². The molecule has 2 amide bonds. The molecule has 20 heavy (non-hydrogen) atoms. The molecule has 6 heteroatoms. The number of ether oxygens (including phenoxy) is 1. The van der Waals surface area contributed by atoms with E-state index >= 15 is 0 Å². The Kier molecular flexibility index (Phi) is 4.95. The van der Waals surface area contributed by atoms with E-state index in [2.05, 4.69) is 10.6 Å². The van der Waals surface area contributed by atoms with Crippen LogP contribution in [0.25, 0.3) is 0 Å². The van der Waals surface area contributed by atoms with E-state index < -0.39 is 0 Å². The minimum atomic E-state index is -0.347. The van der Waals surface area contributed by atoms with E-state index in [1.54, 1.807) is 23.1 Å². The molecule has 0 aliphatic carbocycles. The molecule has 0 bridgehead atoms. The molecule has 1 fully saturated rings. The molecule has 1 aliphatic rings. The van der Waals surface area contributed by atoms with Crippen LogP contribution in [0.2, 0.25) is 0 Å². The molecule has 0 atom stereocenters. The fourth-order valence-corrected chi connectivity index (χ4v) is 1.98. The molecule has 1 saturated heterocycles. The second-order valence-corrected chi connectivity index (χ2v) is 4.47. The summed E-state index contributed by atoms with van der Waals surface area (Å²) in [7, 11) is 0. The molecule has 1 aliphatic heterocycles. The minimum absolute atomic E-state index is 0.0490. The van der Waals surface area contributed by atoms with Crippen molar-refractivity contribution in [2.45, 2.75) is 13.3 Å². The first-order valence-electron chi connectivity index (χ1n) is 6.75. The highest BCUT2D eigenvalue weighted by Crippen LogP contribution is 2.22. The zero-order valence-corrected chi connectivity index (χ0v) is 11.5. The number of nitrogens with one attached hydrogen (secondary N) is 2. The largest absolute Gasteiger partial charge is 0.447 e. The van der Waals surface area contributed by atoms with Gasteiger partial charge in [-0.2, -0.15) is 0 Å². The van der Waals surface area contributed by atoms with Gasteiger partial charge in [0.05, 0.1) is 6.54 Å². The van der Waals surface area contributed by atoms with E-state index in [1.165, 1.54) is 0 Å². The summed E-state index contributed by atoms with van der Waals surface area (Å²) in [6.07, 6.45) is 0.0738. The Morgan fingerprint density at radius 1 is 1.45 bits per heavy atom. The number of hydrogen-bond acceptors (Lipinski definition) is 4. The summed E-state index contributed by atoms with van der Waals surface area (Å²) in [5, 5.41) is 5.92. The summed E-state index contributed by atoms with van der Waals surface area (Å²) in [6, 6.07) is 7.20. The van der Waals surface area contributed by atoms with Gasteiger partial charge in [-0.1, -0.05) is 13.0 Å². The SMILES string of the molecule is CCNCCC(=O)Nc1cccc(N2CCOC2=O)c1. The molecule has 6 nitrogen and oxygen atoms in total. The number of carbonyl (C=O) groups excluding carboxylic acids is 2. The highest BCUT2D eigenvalue weighted by Gasteiger charge is 2.23. The quantitative estimate of drug-likeness (QED) is 0.775. The second kappa shape index (κ2) is 6.91. The summed E-state index contributed by atoms with van der Waals surface area (Å²) in [6.45, 7) is 4.44. The predicted octanol–water partition coefficient (Wildman–Crippen LogP) is 1.58. The number of nitrogens with zero attached hydrogens (tertiary/aromatic N) is 1. The van der Waals surface area contributed by atoms with Gasteiger partial charge in [0.2, 0.25) is 5.91 Å². The number of carbonyl (C=O) groups is 2. The van der Waals surface area contributed by atoms with Gasteiger partial charge in [-0.15, -0.1) is 0 Å². The van der Waals surface area contributed by atoms with Crippen LogP contribution < -0.4 is 15.5 Å². The second-order valence-electron chi connectivity index (χ2n) is 4.47. The fourth-order valence-electron chi connectivity index (χ4n) is 1.98. The molecule has 1 heterocycles. The fraction of sp³-hybridized carbons (Fsp3) is 0.429. The molecule has 108 valence electrons. The molecule has 0 spiro atoms. The van der Waals surface area contributed by atoms with Crippen molar-refractivity contribution in [2.75, 3.05) is 36.5 Å². The van der Waals surface area contributed by atoms with Gasteiger partial charge in [0.1, 0.15) is 6.61 Å². The first kappa shape index (κ1) is 14.3. The maximum absolute atomic E-state index is 11.7. The van der Waals surface area contributed by atoms with Gasteiger partial charge in [0.25, 0.3) is 0 Å². The number of hydrogen-bond donors (Lipinski definition) is 2. The van der Waals surface area contributed by atoms with Gasteiger partial charge in [-0.05, 0) is 24.7 Å². The summed E-state index contributed by atoms with van der Waals surface area (Å²) < 4.78 is 4.90. The maximum Gasteiger partial charge on any atom is 0.414 e. The van der Waals surface area contributed by atoms with Crippen LogP contribution in [0.1, 0.15) is 13.3 Å². The van der Waals surface area contributed by atoms with E-state index in [4.69, 9.17) is 4.74 Å². The lowest BCUT2D eigenvalue weighted by atomic mass is 10.2. The Morgan fingerprint density at radius 2 is 2.30 bits per heavy atom. The predicted molar refractivity (Wildman–Crippen MR) is 76.9 cm³/mol. The molecular formula is C14H19N3O3. The smallest absolute Gasteiger partial charge is 0.414 e. The molecule has 0 unspecified atom stereocenters. The van der Waals surface area contributed by atoms with Crippen molar-refractivity contribution >= 4 is 23.4 Å². The minimum Gasteiger partial charge on any atom is -0.447 e. The molecule has 1 aromatic carbocycles. The Morgan fingerprint density at radius 3 is 3.00 bits per heavy atom. The van der Waals surface area contributed by atoms with Gasteiger partial charge in [0.15, 0.2) is 0 Å². The zero-order valence-electron chi connectivity index (χ0n) is 11.5. The van der Waals surface area contributed by atoms with Gasteiger partial charge >= 0.3 is 6.09 Å². The number of anilines is 2. The van der Waals surface area contributed by atoms with Crippen molar-refractivity contribution in [1.82, 2.24) is 5.32 Å². The maximum atomic E-state index is 11.7. The Bertz CT molecular complexity index is 490. The van der Waals surface area contributed by atoms with Gasteiger partial charge < -0.3 is 15.4 Å². The lowest BCUT2D eigenvalue weighted by molar-refractivity contribution is -0.116. The first-order valence-corrected chi connectivity index (χ1v) is 6.75. The van der Waals surface area contributed by atoms with Crippen LogP contribution in [0.15, 0.2) is 24.3 Å². The highest BCUT2D eigenvalue weighted by atomic mass is 16.6. The summed E-state index contributed by atoms with van der Waals surface area (Å²) in [4.78, 5) is 24.8. The van der Waals surface area contributed by atoms with Gasteiger partial charge in [0, 0.05) is 24.3 Å². The molecule has 0 saturated carbocycles. The summed E-state index contributed by atoms with van der Waals surface area (Å²) >= 11 is 0. The lowest BCUT2D eigenvalue weighted by Gasteiger charge is -2.14. The normalized spacial score (nSPS) is 14.2. The molecular weight excluding hydrogens is 258 g/mol. The van der Waals surface area contributed by atoms with E-state index in [0.29, 0.717) is 31.8 Å². The van der Waals surface area contributed by atoms with E-state index in [0.717, 1.165) is 12.2 Å². The van der Waals surface area contributed by atoms with Crippen LogP contribution in [0.4, 0.5) is 16.2 Å². The average Bonchev–Trinajstić information content (AvgIpc) is 2.85. The van der Waals surface area contributed by atoms with Crippen molar-refractivity contribution in [3.63, 3.8) is 0 Å². The Labute approximate surface area is 118 Å². The third-order valence-corrected chi connectivity index (χ3v) is 2.98. The van der Waals surface area contributed by atoms with Crippen LogP contribution in [0.3, 0.4) is 0 Å². The molecule has 1 aromatic rings. The third-order valence-electron chi connectivity index (χ3n) is 2.98. The summed E-state index contributed by atoms with van der Waals surface area (Å²) in [5.41, 5.74) is 1.42. The highest BCUT2D eigenvalue weighted by molar-refractivity contribution is 5.93. The number of cyclic esters (lactones) is 1. The topological polar surface area (TPSA) is 70.7 Å². The van der Waals surface area contributed by atoms with Crippen molar-refractivity contribution in [2.24, 2.45) is 0 Å². The number of benzene rings is 1. The van der Waals surface area contributed by atoms with Crippen molar-refractivity contribution in [3.05, 3.63) is 24.3 Å².